The number of pyridine rings is 1. The van der Waals surface area contributed by atoms with E-state index in [9.17, 15) is 13.2 Å². The van der Waals surface area contributed by atoms with E-state index in [4.69, 9.17) is 12.2 Å². The molecule has 0 bridgehead atoms. The maximum absolute atomic E-state index is 12.6. The molecule has 1 N–H and O–H groups in total. The average Bonchev–Trinajstić information content (AvgIpc) is 2.66. The number of hydrogen-bond donors (Lipinski definition) is 1. The second-order valence-electron chi connectivity index (χ2n) is 6.02. The van der Waals surface area contributed by atoms with Crippen LogP contribution < -0.4 is 10.2 Å². The van der Waals surface area contributed by atoms with Crippen molar-refractivity contribution in [3.63, 3.8) is 0 Å². The highest BCUT2D eigenvalue weighted by atomic mass is 32.1. The molecule has 4 nitrogen and oxygen atoms in total. The van der Waals surface area contributed by atoms with E-state index in [0.29, 0.717) is 43.7 Å². The molecule has 0 amide bonds. The topological polar surface area (TPSA) is 31.4 Å². The fourth-order valence-electron chi connectivity index (χ4n) is 2.76. The Labute approximate surface area is 155 Å². The van der Waals surface area contributed by atoms with Gasteiger partial charge in [-0.05, 0) is 29.9 Å². The van der Waals surface area contributed by atoms with Crippen molar-refractivity contribution < 1.29 is 13.2 Å². The third-order valence-corrected chi connectivity index (χ3v) is 4.66. The van der Waals surface area contributed by atoms with Gasteiger partial charge < -0.3 is 15.1 Å². The first kappa shape index (κ1) is 18.4. The summed E-state index contributed by atoms with van der Waals surface area (Å²) in [6.07, 6.45) is -3.48. The van der Waals surface area contributed by atoms with Crippen LogP contribution in [0.1, 0.15) is 11.1 Å². The van der Waals surface area contributed by atoms with Gasteiger partial charge in [-0.1, -0.05) is 30.3 Å². The van der Waals surface area contributed by atoms with Crippen LogP contribution in [-0.2, 0) is 12.7 Å². The second-order valence-corrected chi connectivity index (χ2v) is 6.41. The number of thiocarbonyl (C=S) groups is 1. The van der Waals surface area contributed by atoms with Gasteiger partial charge in [-0.25, -0.2) is 4.98 Å². The molecule has 0 radical (unpaired) electrons. The number of rotatable bonds is 3. The normalized spacial score (nSPS) is 15.0. The Kier molecular flexibility index (Phi) is 5.61. The molecular formula is C18H19F3N4S. The van der Waals surface area contributed by atoms with Gasteiger partial charge in [-0.3, -0.25) is 0 Å². The van der Waals surface area contributed by atoms with Crippen LogP contribution >= 0.6 is 12.2 Å². The standard InChI is InChI=1S/C18H19F3N4S/c19-18(20,21)15-6-7-16(22-13-15)24-8-10-25(11-9-24)17(26)23-12-14-4-2-1-3-5-14/h1-7,13H,8-12H2,(H,23,26). The van der Waals surface area contributed by atoms with Crippen molar-refractivity contribution in [2.75, 3.05) is 31.1 Å². The molecular weight excluding hydrogens is 361 g/mol. The zero-order chi connectivity index (χ0) is 18.6. The monoisotopic (exact) mass is 380 g/mol. The van der Waals surface area contributed by atoms with Gasteiger partial charge >= 0.3 is 6.18 Å². The van der Waals surface area contributed by atoms with Gasteiger partial charge in [0.1, 0.15) is 5.82 Å². The summed E-state index contributed by atoms with van der Waals surface area (Å²) in [5.74, 6) is 0.556. The predicted octanol–water partition coefficient (Wildman–Crippen LogP) is 3.30. The molecule has 0 saturated carbocycles. The first-order valence-electron chi connectivity index (χ1n) is 8.28. The summed E-state index contributed by atoms with van der Waals surface area (Å²) in [5.41, 5.74) is 0.425. The summed E-state index contributed by atoms with van der Waals surface area (Å²) >= 11 is 5.44. The third-order valence-electron chi connectivity index (χ3n) is 4.25. The van der Waals surface area contributed by atoms with Crippen LogP contribution in [0.4, 0.5) is 19.0 Å². The summed E-state index contributed by atoms with van der Waals surface area (Å²) in [4.78, 5) is 7.99. The number of anilines is 1. The van der Waals surface area contributed by atoms with Crippen molar-refractivity contribution in [2.45, 2.75) is 12.7 Å². The van der Waals surface area contributed by atoms with Crippen molar-refractivity contribution in [3.8, 4) is 0 Å². The van der Waals surface area contributed by atoms with Crippen molar-refractivity contribution >= 4 is 23.1 Å². The maximum atomic E-state index is 12.6. The Hall–Kier alpha value is -2.35. The van der Waals surface area contributed by atoms with E-state index in [1.807, 2.05) is 35.2 Å². The van der Waals surface area contributed by atoms with E-state index < -0.39 is 11.7 Å². The van der Waals surface area contributed by atoms with Crippen LogP contribution in [0.3, 0.4) is 0 Å². The number of benzene rings is 1. The number of nitrogens with one attached hydrogen (secondary N) is 1. The lowest BCUT2D eigenvalue weighted by molar-refractivity contribution is -0.137. The van der Waals surface area contributed by atoms with Crippen LogP contribution in [0.5, 0.6) is 0 Å². The van der Waals surface area contributed by atoms with Crippen molar-refractivity contribution in [3.05, 3.63) is 59.8 Å². The third kappa shape index (κ3) is 4.63. The van der Waals surface area contributed by atoms with Crippen molar-refractivity contribution in [1.82, 2.24) is 15.2 Å². The molecule has 0 unspecified atom stereocenters. The Morgan fingerprint density at radius 1 is 1.04 bits per heavy atom. The molecule has 1 saturated heterocycles. The molecule has 0 atom stereocenters. The maximum Gasteiger partial charge on any atom is 0.417 e. The molecule has 26 heavy (non-hydrogen) atoms. The van der Waals surface area contributed by atoms with Crippen LogP contribution in [0.2, 0.25) is 0 Å². The van der Waals surface area contributed by atoms with Crippen LogP contribution in [0.15, 0.2) is 48.7 Å². The minimum Gasteiger partial charge on any atom is -0.358 e. The number of aromatic nitrogens is 1. The quantitative estimate of drug-likeness (QED) is 0.826. The van der Waals surface area contributed by atoms with Gasteiger partial charge in [0.25, 0.3) is 0 Å². The number of nitrogens with zero attached hydrogens (tertiary/aromatic N) is 3. The largest absolute Gasteiger partial charge is 0.417 e. The van der Waals surface area contributed by atoms with Crippen molar-refractivity contribution in [1.29, 1.82) is 0 Å². The molecule has 0 aliphatic carbocycles. The summed E-state index contributed by atoms with van der Waals surface area (Å²) in [6.45, 7) is 3.38. The molecule has 3 rings (SSSR count). The lowest BCUT2D eigenvalue weighted by atomic mass is 10.2. The lowest BCUT2D eigenvalue weighted by Gasteiger charge is -2.36. The zero-order valence-electron chi connectivity index (χ0n) is 14.0. The van der Waals surface area contributed by atoms with E-state index in [1.165, 1.54) is 6.07 Å². The van der Waals surface area contributed by atoms with Gasteiger partial charge in [0.2, 0.25) is 0 Å². The lowest BCUT2D eigenvalue weighted by Crippen LogP contribution is -2.51. The van der Waals surface area contributed by atoms with Crippen LogP contribution in [0.25, 0.3) is 0 Å². The molecule has 1 aliphatic heterocycles. The van der Waals surface area contributed by atoms with Gasteiger partial charge in [-0.15, -0.1) is 0 Å². The summed E-state index contributed by atoms with van der Waals surface area (Å²) < 4.78 is 37.8. The average molecular weight is 380 g/mol. The predicted molar refractivity (Wildman–Crippen MR) is 98.9 cm³/mol. The smallest absolute Gasteiger partial charge is 0.358 e. The Balaban J connectivity index is 1.50. The Bertz CT molecular complexity index is 726. The van der Waals surface area contributed by atoms with Gasteiger partial charge in [0.05, 0.1) is 5.56 Å². The van der Waals surface area contributed by atoms with Crippen LogP contribution in [-0.4, -0.2) is 41.2 Å². The first-order valence-corrected chi connectivity index (χ1v) is 8.69. The molecule has 1 aromatic carbocycles. The number of piperazine rings is 1. The molecule has 0 spiro atoms. The van der Waals surface area contributed by atoms with Gasteiger partial charge in [0.15, 0.2) is 5.11 Å². The number of halogens is 3. The summed E-state index contributed by atoms with van der Waals surface area (Å²) in [7, 11) is 0. The highest BCUT2D eigenvalue weighted by molar-refractivity contribution is 7.80. The van der Waals surface area contributed by atoms with Gasteiger partial charge in [-0.2, -0.15) is 13.2 Å². The number of alkyl halides is 3. The molecule has 1 aromatic heterocycles. The van der Waals surface area contributed by atoms with Crippen LogP contribution in [0, 0.1) is 0 Å². The van der Waals surface area contributed by atoms with E-state index in [1.54, 1.807) is 0 Å². The Morgan fingerprint density at radius 3 is 2.31 bits per heavy atom. The zero-order valence-corrected chi connectivity index (χ0v) is 14.9. The van der Waals surface area contributed by atoms with E-state index in [-0.39, 0.29) is 0 Å². The fourth-order valence-corrected chi connectivity index (χ4v) is 3.02. The molecule has 2 aromatic rings. The van der Waals surface area contributed by atoms with Crippen molar-refractivity contribution in [2.24, 2.45) is 0 Å². The molecule has 1 aliphatic rings. The summed E-state index contributed by atoms with van der Waals surface area (Å²) in [5, 5.41) is 3.93. The highest BCUT2D eigenvalue weighted by Crippen LogP contribution is 2.29. The second kappa shape index (κ2) is 7.90. The van der Waals surface area contributed by atoms with Gasteiger partial charge in [0, 0.05) is 38.9 Å². The minimum atomic E-state index is -4.36. The van der Waals surface area contributed by atoms with E-state index >= 15 is 0 Å². The van der Waals surface area contributed by atoms with E-state index in [2.05, 4.69) is 15.2 Å². The minimum absolute atomic E-state index is 0.556. The molecule has 2 heterocycles. The fraction of sp³-hybridized carbons (Fsp3) is 0.333. The first-order chi connectivity index (χ1) is 12.4. The molecule has 138 valence electrons. The molecule has 8 heteroatoms. The highest BCUT2D eigenvalue weighted by Gasteiger charge is 2.31. The molecule has 1 fully saturated rings. The Morgan fingerprint density at radius 2 is 1.73 bits per heavy atom. The van der Waals surface area contributed by atoms with E-state index in [0.717, 1.165) is 17.8 Å². The SMILES string of the molecule is FC(F)(F)c1ccc(N2CCN(C(=S)NCc3ccccc3)CC2)nc1. The summed E-state index contributed by atoms with van der Waals surface area (Å²) in [6, 6.07) is 12.5. The number of hydrogen-bond acceptors (Lipinski definition) is 3.